The van der Waals surface area contributed by atoms with Gasteiger partial charge < -0.3 is 11.1 Å². The number of rotatable bonds is 0. The second-order valence-corrected chi connectivity index (χ2v) is 4.84. The average molecular weight is 209 g/mol. The van der Waals surface area contributed by atoms with Crippen LogP contribution in [0, 0.1) is 6.92 Å². The molecule has 1 heterocycles. The Morgan fingerprint density at radius 2 is 2.29 bits per heavy atom. The highest BCUT2D eigenvalue weighted by atomic mass is 35.5. The molecule has 2 atom stereocenters. The quantitative estimate of drug-likeness (QED) is 0.685. The maximum Gasteiger partial charge on any atom is 0.0640 e. The molecule has 74 valence electrons. The molecule has 0 radical (unpaired) electrons. The van der Waals surface area contributed by atoms with Gasteiger partial charge in [-0.3, -0.25) is 0 Å². The van der Waals surface area contributed by atoms with Crippen LogP contribution in [0.15, 0.2) is 12.1 Å². The molecule has 2 unspecified atom stereocenters. The fourth-order valence-electron chi connectivity index (χ4n) is 2.65. The maximum atomic E-state index is 6.14. The van der Waals surface area contributed by atoms with Crippen molar-refractivity contribution in [2.75, 3.05) is 11.9 Å². The molecule has 1 saturated carbocycles. The number of anilines is 1. The first-order valence-corrected chi connectivity index (χ1v) is 5.32. The minimum atomic E-state index is 0.199. The lowest BCUT2D eigenvalue weighted by atomic mass is 9.93. The Labute approximate surface area is 88.4 Å². The molecule has 3 rings (SSSR count). The normalized spacial score (nSPS) is 32.9. The fourth-order valence-corrected chi connectivity index (χ4v) is 2.88. The number of hydrogen-bond acceptors (Lipinski definition) is 2. The van der Waals surface area contributed by atoms with Gasteiger partial charge in [-0.15, -0.1) is 0 Å². The smallest absolute Gasteiger partial charge is 0.0640 e. The highest BCUT2D eigenvalue weighted by Gasteiger charge is 2.57. The Balaban J connectivity index is 2.24. The average Bonchev–Trinajstić information content (AvgIpc) is 2.60. The van der Waals surface area contributed by atoms with Crippen molar-refractivity contribution in [1.82, 2.24) is 0 Å². The van der Waals surface area contributed by atoms with E-state index in [1.54, 1.807) is 0 Å². The summed E-state index contributed by atoms with van der Waals surface area (Å²) >= 11 is 6.14. The van der Waals surface area contributed by atoms with E-state index in [-0.39, 0.29) is 5.41 Å². The molecule has 2 aliphatic rings. The minimum absolute atomic E-state index is 0.199. The number of benzene rings is 1. The van der Waals surface area contributed by atoms with Crippen molar-refractivity contribution in [1.29, 1.82) is 0 Å². The first kappa shape index (κ1) is 8.57. The summed E-state index contributed by atoms with van der Waals surface area (Å²) in [6, 6.07) is 4.35. The maximum absolute atomic E-state index is 6.14. The molecule has 1 fully saturated rings. The highest BCUT2D eigenvalue weighted by Crippen LogP contribution is 2.55. The number of nitrogens with two attached hydrogens (primary N) is 1. The summed E-state index contributed by atoms with van der Waals surface area (Å²) in [4.78, 5) is 0. The molecule has 1 aromatic rings. The summed E-state index contributed by atoms with van der Waals surface area (Å²) in [5.74, 6) is 0. The third-order valence-electron chi connectivity index (χ3n) is 3.58. The van der Waals surface area contributed by atoms with Gasteiger partial charge in [0.1, 0.15) is 0 Å². The summed E-state index contributed by atoms with van der Waals surface area (Å²) in [5.41, 5.74) is 9.99. The van der Waals surface area contributed by atoms with Gasteiger partial charge in [0.2, 0.25) is 0 Å². The van der Waals surface area contributed by atoms with Gasteiger partial charge in [0.15, 0.2) is 0 Å². The molecule has 3 heteroatoms. The predicted octanol–water partition coefficient (Wildman–Crippen LogP) is 2.04. The van der Waals surface area contributed by atoms with Crippen molar-refractivity contribution in [2.24, 2.45) is 5.73 Å². The van der Waals surface area contributed by atoms with Crippen molar-refractivity contribution in [3.8, 4) is 0 Å². The number of aryl methyl sites for hydroxylation is 1. The molecule has 1 spiro atoms. The zero-order valence-corrected chi connectivity index (χ0v) is 8.86. The minimum Gasteiger partial charge on any atom is -0.383 e. The second kappa shape index (κ2) is 2.44. The van der Waals surface area contributed by atoms with E-state index >= 15 is 0 Å². The Kier molecular flexibility index (Phi) is 1.49. The van der Waals surface area contributed by atoms with Crippen LogP contribution in [0.1, 0.15) is 17.5 Å². The van der Waals surface area contributed by atoms with E-state index < -0.39 is 0 Å². The summed E-state index contributed by atoms with van der Waals surface area (Å²) in [6.45, 7) is 3.09. The first-order chi connectivity index (χ1) is 6.65. The van der Waals surface area contributed by atoms with Crippen LogP contribution in [0.4, 0.5) is 5.69 Å². The highest BCUT2D eigenvalue weighted by molar-refractivity contribution is 6.33. The number of nitrogens with one attached hydrogen (secondary N) is 1. The Bertz CT molecular complexity index is 416. The van der Waals surface area contributed by atoms with Crippen LogP contribution in [0.3, 0.4) is 0 Å². The molecule has 3 N–H and O–H groups in total. The Hall–Kier alpha value is -0.730. The van der Waals surface area contributed by atoms with Crippen LogP contribution in [0.25, 0.3) is 0 Å². The fraction of sp³-hybridized carbons (Fsp3) is 0.455. The lowest BCUT2D eigenvalue weighted by Crippen LogP contribution is -2.20. The number of fused-ring (bicyclic) bond motifs is 2. The van der Waals surface area contributed by atoms with Crippen molar-refractivity contribution < 1.29 is 0 Å². The van der Waals surface area contributed by atoms with Gasteiger partial charge in [-0.25, -0.2) is 0 Å². The molecular formula is C11H13ClN2. The largest absolute Gasteiger partial charge is 0.383 e. The molecule has 1 aromatic carbocycles. The molecule has 14 heavy (non-hydrogen) atoms. The Morgan fingerprint density at radius 1 is 1.57 bits per heavy atom. The summed E-state index contributed by atoms with van der Waals surface area (Å²) in [5, 5.41) is 4.20. The van der Waals surface area contributed by atoms with Crippen LogP contribution in [0.2, 0.25) is 5.02 Å². The van der Waals surface area contributed by atoms with Crippen molar-refractivity contribution in [3.63, 3.8) is 0 Å². The van der Waals surface area contributed by atoms with Gasteiger partial charge in [-0.1, -0.05) is 17.7 Å². The van der Waals surface area contributed by atoms with Gasteiger partial charge in [0.05, 0.1) is 10.7 Å². The van der Waals surface area contributed by atoms with Gasteiger partial charge >= 0.3 is 0 Å². The van der Waals surface area contributed by atoms with Crippen LogP contribution < -0.4 is 11.1 Å². The predicted molar refractivity (Wildman–Crippen MR) is 58.9 cm³/mol. The van der Waals surface area contributed by atoms with Crippen LogP contribution in [-0.4, -0.2) is 12.6 Å². The van der Waals surface area contributed by atoms with Crippen molar-refractivity contribution in [3.05, 3.63) is 28.3 Å². The zero-order chi connectivity index (χ0) is 9.92. The molecule has 1 aliphatic carbocycles. The van der Waals surface area contributed by atoms with Crippen LogP contribution >= 0.6 is 11.6 Å². The SMILES string of the molecule is Cc1ccc(Cl)c2c1C1(CN2)CC1N. The first-order valence-electron chi connectivity index (χ1n) is 4.94. The van der Waals surface area contributed by atoms with Gasteiger partial charge in [0, 0.05) is 18.0 Å². The number of halogens is 1. The lowest BCUT2D eigenvalue weighted by molar-refractivity contribution is 0.729. The van der Waals surface area contributed by atoms with Crippen LogP contribution in [-0.2, 0) is 5.41 Å². The van der Waals surface area contributed by atoms with Gasteiger partial charge in [-0.2, -0.15) is 0 Å². The summed E-state index contributed by atoms with van der Waals surface area (Å²) in [6.07, 6.45) is 1.09. The van der Waals surface area contributed by atoms with Crippen LogP contribution in [0.5, 0.6) is 0 Å². The topological polar surface area (TPSA) is 38.0 Å². The molecule has 1 aliphatic heterocycles. The van der Waals surface area contributed by atoms with Crippen molar-refractivity contribution in [2.45, 2.75) is 24.8 Å². The zero-order valence-electron chi connectivity index (χ0n) is 8.10. The van der Waals surface area contributed by atoms with E-state index in [1.807, 2.05) is 6.07 Å². The monoisotopic (exact) mass is 208 g/mol. The third-order valence-corrected chi connectivity index (χ3v) is 3.89. The second-order valence-electron chi connectivity index (χ2n) is 4.43. The van der Waals surface area contributed by atoms with Crippen molar-refractivity contribution >= 4 is 17.3 Å². The molecule has 0 saturated heterocycles. The molecule has 0 bridgehead atoms. The van der Waals surface area contributed by atoms with E-state index in [2.05, 4.69) is 18.3 Å². The standard InChI is InChI=1S/C11H13ClN2/c1-6-2-3-7(12)10-9(6)11(5-14-10)4-8(11)13/h2-3,8,14H,4-5,13H2,1H3. The lowest BCUT2D eigenvalue weighted by Gasteiger charge is -2.11. The molecule has 0 aromatic heterocycles. The molecule has 0 amide bonds. The summed E-state index contributed by atoms with van der Waals surface area (Å²) < 4.78 is 0. The number of hydrogen-bond donors (Lipinski definition) is 2. The van der Waals surface area contributed by atoms with Gasteiger partial charge in [0.25, 0.3) is 0 Å². The Morgan fingerprint density at radius 3 is 2.93 bits per heavy atom. The van der Waals surface area contributed by atoms with Gasteiger partial charge in [-0.05, 0) is 30.5 Å². The van der Waals surface area contributed by atoms with E-state index in [0.29, 0.717) is 6.04 Å². The molecule has 2 nitrogen and oxygen atoms in total. The third kappa shape index (κ3) is 0.856. The summed E-state index contributed by atoms with van der Waals surface area (Å²) in [7, 11) is 0. The molecular weight excluding hydrogens is 196 g/mol. The van der Waals surface area contributed by atoms with E-state index in [0.717, 1.165) is 23.7 Å². The van der Waals surface area contributed by atoms with E-state index in [4.69, 9.17) is 17.3 Å². The van der Waals surface area contributed by atoms with E-state index in [1.165, 1.54) is 11.1 Å². The van der Waals surface area contributed by atoms with E-state index in [9.17, 15) is 0 Å².